The summed E-state index contributed by atoms with van der Waals surface area (Å²) in [5, 5.41) is 8.50. The SMILES string of the molecule is COc1cccc2nnc(C3CCSC3)n12. The second kappa shape index (κ2) is 3.97. The lowest BCUT2D eigenvalue weighted by Crippen LogP contribution is -2.05. The first-order valence-electron chi connectivity index (χ1n) is 5.36. The Morgan fingerprint density at radius 3 is 3.12 bits per heavy atom. The Balaban J connectivity index is 2.16. The summed E-state index contributed by atoms with van der Waals surface area (Å²) >= 11 is 1.98. The summed E-state index contributed by atoms with van der Waals surface area (Å²) in [7, 11) is 1.68. The molecule has 0 amide bonds. The van der Waals surface area contributed by atoms with E-state index in [2.05, 4.69) is 10.2 Å². The van der Waals surface area contributed by atoms with E-state index in [1.54, 1.807) is 7.11 Å². The maximum absolute atomic E-state index is 5.36. The van der Waals surface area contributed by atoms with Crippen LogP contribution in [0.3, 0.4) is 0 Å². The van der Waals surface area contributed by atoms with Crippen molar-refractivity contribution < 1.29 is 4.74 Å². The molecule has 4 nitrogen and oxygen atoms in total. The van der Waals surface area contributed by atoms with Crippen molar-refractivity contribution in [2.75, 3.05) is 18.6 Å². The molecule has 0 N–H and O–H groups in total. The topological polar surface area (TPSA) is 39.4 Å². The van der Waals surface area contributed by atoms with Crippen LogP contribution in [0.1, 0.15) is 18.2 Å². The summed E-state index contributed by atoms with van der Waals surface area (Å²) in [6, 6.07) is 5.85. The van der Waals surface area contributed by atoms with Crippen molar-refractivity contribution in [3.8, 4) is 5.88 Å². The number of thioether (sulfide) groups is 1. The van der Waals surface area contributed by atoms with Gasteiger partial charge in [-0.3, -0.25) is 0 Å². The van der Waals surface area contributed by atoms with Gasteiger partial charge in [-0.15, -0.1) is 10.2 Å². The second-order valence-corrected chi connectivity index (χ2v) is 5.03. The fourth-order valence-electron chi connectivity index (χ4n) is 2.10. The normalized spacial score (nSPS) is 20.4. The summed E-state index contributed by atoms with van der Waals surface area (Å²) in [6.45, 7) is 0. The molecule has 1 atom stereocenters. The highest BCUT2D eigenvalue weighted by atomic mass is 32.2. The van der Waals surface area contributed by atoms with Gasteiger partial charge in [-0.05, 0) is 24.3 Å². The minimum atomic E-state index is 0.510. The van der Waals surface area contributed by atoms with Crippen molar-refractivity contribution in [1.82, 2.24) is 14.6 Å². The summed E-state index contributed by atoms with van der Waals surface area (Å²) < 4.78 is 7.39. The van der Waals surface area contributed by atoms with E-state index in [-0.39, 0.29) is 0 Å². The van der Waals surface area contributed by atoms with Crippen LogP contribution in [0.5, 0.6) is 5.88 Å². The van der Waals surface area contributed by atoms with Gasteiger partial charge in [0.2, 0.25) is 5.88 Å². The van der Waals surface area contributed by atoms with Crippen LogP contribution >= 0.6 is 11.8 Å². The van der Waals surface area contributed by atoms with E-state index in [1.807, 2.05) is 34.4 Å². The summed E-state index contributed by atoms with van der Waals surface area (Å²) in [5.74, 6) is 4.72. The van der Waals surface area contributed by atoms with Crippen molar-refractivity contribution in [3.63, 3.8) is 0 Å². The zero-order valence-corrected chi connectivity index (χ0v) is 9.91. The molecule has 1 aliphatic rings. The molecule has 2 aromatic heterocycles. The number of hydrogen-bond acceptors (Lipinski definition) is 4. The summed E-state index contributed by atoms with van der Waals surface area (Å²) in [5.41, 5.74) is 0.867. The van der Waals surface area contributed by atoms with Crippen LogP contribution < -0.4 is 4.74 Å². The molecule has 1 unspecified atom stereocenters. The highest BCUT2D eigenvalue weighted by Gasteiger charge is 2.23. The first-order chi connectivity index (χ1) is 7.90. The Labute approximate surface area is 98.0 Å². The average Bonchev–Trinajstić information content (AvgIpc) is 2.96. The standard InChI is InChI=1S/C11H13N3OS/c1-15-10-4-2-3-9-12-13-11(14(9)10)8-5-6-16-7-8/h2-4,8H,5-7H2,1H3. The predicted octanol–water partition coefficient (Wildman–Crippen LogP) is 1.96. The van der Waals surface area contributed by atoms with Gasteiger partial charge in [0.1, 0.15) is 5.82 Å². The molecule has 1 saturated heterocycles. The third kappa shape index (κ3) is 1.46. The van der Waals surface area contributed by atoms with Crippen LogP contribution in [0.25, 0.3) is 5.65 Å². The van der Waals surface area contributed by atoms with Gasteiger partial charge in [0, 0.05) is 11.7 Å². The van der Waals surface area contributed by atoms with Gasteiger partial charge in [0.15, 0.2) is 5.65 Å². The molecule has 1 fully saturated rings. The molecular weight excluding hydrogens is 222 g/mol. The van der Waals surface area contributed by atoms with E-state index in [0.717, 1.165) is 23.1 Å². The third-order valence-electron chi connectivity index (χ3n) is 2.92. The largest absolute Gasteiger partial charge is 0.482 e. The number of nitrogens with zero attached hydrogens (tertiary/aromatic N) is 3. The second-order valence-electron chi connectivity index (χ2n) is 3.88. The zero-order valence-electron chi connectivity index (χ0n) is 9.09. The molecule has 0 bridgehead atoms. The lowest BCUT2D eigenvalue weighted by Gasteiger charge is -2.09. The van der Waals surface area contributed by atoms with Crippen LogP contribution in [0.15, 0.2) is 18.2 Å². The number of rotatable bonds is 2. The molecule has 5 heteroatoms. The molecule has 0 radical (unpaired) electrons. The third-order valence-corrected chi connectivity index (χ3v) is 4.08. The predicted molar refractivity (Wildman–Crippen MR) is 64.2 cm³/mol. The molecule has 1 aliphatic heterocycles. The number of fused-ring (bicyclic) bond motifs is 1. The maximum atomic E-state index is 5.36. The summed E-state index contributed by atoms with van der Waals surface area (Å²) in [6.07, 6.45) is 1.18. The zero-order chi connectivity index (χ0) is 11.0. The lowest BCUT2D eigenvalue weighted by atomic mass is 10.1. The molecule has 3 rings (SSSR count). The maximum Gasteiger partial charge on any atom is 0.200 e. The van der Waals surface area contributed by atoms with Gasteiger partial charge in [0.25, 0.3) is 0 Å². The fraction of sp³-hybridized carbons (Fsp3) is 0.455. The van der Waals surface area contributed by atoms with E-state index < -0.39 is 0 Å². The molecule has 0 spiro atoms. The van der Waals surface area contributed by atoms with Crippen molar-refractivity contribution in [2.24, 2.45) is 0 Å². The number of ether oxygens (including phenoxy) is 1. The van der Waals surface area contributed by atoms with Crippen molar-refractivity contribution >= 4 is 17.4 Å². The average molecular weight is 235 g/mol. The van der Waals surface area contributed by atoms with Gasteiger partial charge in [0.05, 0.1) is 7.11 Å². The summed E-state index contributed by atoms with van der Waals surface area (Å²) in [4.78, 5) is 0. The molecule has 16 heavy (non-hydrogen) atoms. The van der Waals surface area contributed by atoms with Gasteiger partial charge in [-0.25, -0.2) is 4.40 Å². The monoisotopic (exact) mass is 235 g/mol. The highest BCUT2D eigenvalue weighted by molar-refractivity contribution is 7.99. The quantitative estimate of drug-likeness (QED) is 0.797. The molecule has 3 heterocycles. The van der Waals surface area contributed by atoms with Crippen LogP contribution in [0.4, 0.5) is 0 Å². The number of pyridine rings is 1. The fourth-order valence-corrected chi connectivity index (χ4v) is 3.31. The molecule has 2 aromatic rings. The van der Waals surface area contributed by atoms with Crippen LogP contribution in [0.2, 0.25) is 0 Å². The Morgan fingerprint density at radius 2 is 2.38 bits per heavy atom. The van der Waals surface area contributed by atoms with Crippen LogP contribution in [-0.4, -0.2) is 33.2 Å². The van der Waals surface area contributed by atoms with E-state index in [1.165, 1.54) is 12.2 Å². The van der Waals surface area contributed by atoms with Gasteiger partial charge in [-0.1, -0.05) is 6.07 Å². The van der Waals surface area contributed by atoms with Crippen molar-refractivity contribution in [1.29, 1.82) is 0 Å². The van der Waals surface area contributed by atoms with Gasteiger partial charge in [-0.2, -0.15) is 11.8 Å². The van der Waals surface area contributed by atoms with E-state index in [0.29, 0.717) is 5.92 Å². The minimum absolute atomic E-state index is 0.510. The lowest BCUT2D eigenvalue weighted by molar-refractivity contribution is 0.389. The van der Waals surface area contributed by atoms with Gasteiger partial charge >= 0.3 is 0 Å². The Hall–Kier alpha value is -1.23. The number of methoxy groups -OCH3 is 1. The van der Waals surface area contributed by atoms with E-state index >= 15 is 0 Å². The van der Waals surface area contributed by atoms with Gasteiger partial charge < -0.3 is 4.74 Å². The van der Waals surface area contributed by atoms with Crippen LogP contribution in [0, 0.1) is 0 Å². The molecule has 0 aliphatic carbocycles. The van der Waals surface area contributed by atoms with Crippen LogP contribution in [-0.2, 0) is 0 Å². The smallest absolute Gasteiger partial charge is 0.200 e. The molecule has 0 aromatic carbocycles. The molecular formula is C11H13N3OS. The first kappa shape index (κ1) is 9.96. The first-order valence-corrected chi connectivity index (χ1v) is 6.51. The molecule has 84 valence electrons. The number of aromatic nitrogens is 3. The van der Waals surface area contributed by atoms with Crippen molar-refractivity contribution in [2.45, 2.75) is 12.3 Å². The van der Waals surface area contributed by atoms with E-state index in [9.17, 15) is 0 Å². The number of hydrogen-bond donors (Lipinski definition) is 0. The minimum Gasteiger partial charge on any atom is -0.482 e. The highest BCUT2D eigenvalue weighted by Crippen LogP contribution is 2.32. The Morgan fingerprint density at radius 1 is 1.44 bits per heavy atom. The van der Waals surface area contributed by atoms with Crippen molar-refractivity contribution in [3.05, 3.63) is 24.0 Å². The molecule has 0 saturated carbocycles. The Kier molecular flexibility index (Phi) is 2.47. The van der Waals surface area contributed by atoms with E-state index in [4.69, 9.17) is 4.74 Å². The Bertz CT molecular complexity index is 505.